The topological polar surface area (TPSA) is 0 Å². The van der Waals surface area contributed by atoms with E-state index < -0.39 is 12.7 Å². The fourth-order valence-electron chi connectivity index (χ4n) is 0.924. The summed E-state index contributed by atoms with van der Waals surface area (Å²) in [7, 11) is 0. The normalized spacial score (nSPS) is 20.6. The van der Waals surface area contributed by atoms with Gasteiger partial charge in [-0.3, -0.25) is 0 Å². The third-order valence-electron chi connectivity index (χ3n) is 1.38. The Labute approximate surface area is 68.4 Å². The first-order valence-corrected chi connectivity index (χ1v) is 17.0. The van der Waals surface area contributed by atoms with Crippen LogP contribution in [-0.4, -0.2) is 3.90 Å². The summed E-state index contributed by atoms with van der Waals surface area (Å²) in [4.78, 5) is 0. The molecular formula is C5H8Br2W. The first-order chi connectivity index (χ1) is 3.80. The van der Waals surface area contributed by atoms with E-state index in [9.17, 15) is 0 Å². The van der Waals surface area contributed by atoms with Crippen LogP contribution in [0.2, 0.25) is 0 Å². The molecule has 3 heteroatoms. The van der Waals surface area contributed by atoms with E-state index in [1.807, 2.05) is 3.90 Å². The second-order valence-electron chi connectivity index (χ2n) is 1.96. The third-order valence-corrected chi connectivity index (χ3v) is 11.9. The van der Waals surface area contributed by atoms with Crippen molar-refractivity contribution in [3.63, 3.8) is 0 Å². The van der Waals surface area contributed by atoms with Gasteiger partial charge in [-0.15, -0.1) is 0 Å². The van der Waals surface area contributed by atoms with Gasteiger partial charge in [-0.2, -0.15) is 0 Å². The van der Waals surface area contributed by atoms with E-state index in [4.69, 9.17) is 0 Å². The summed E-state index contributed by atoms with van der Waals surface area (Å²) < 4.78 is 1.82. The molecule has 0 aromatic heterocycles. The molecule has 0 saturated heterocycles. The van der Waals surface area contributed by atoms with Crippen LogP contribution in [0, 0.1) is 0 Å². The fourth-order valence-corrected chi connectivity index (χ4v) is 8.37. The molecular weight excluding hydrogens is 404 g/mol. The molecule has 0 heterocycles. The van der Waals surface area contributed by atoms with E-state index in [1.165, 1.54) is 25.7 Å². The van der Waals surface area contributed by atoms with Crippen molar-refractivity contribution in [3.8, 4) is 0 Å². The molecule has 0 aromatic carbocycles. The van der Waals surface area contributed by atoms with Gasteiger partial charge >= 0.3 is 68.9 Å². The zero-order valence-electron chi connectivity index (χ0n) is 4.49. The molecule has 1 fully saturated rings. The van der Waals surface area contributed by atoms with Crippen molar-refractivity contribution < 1.29 is 12.7 Å². The summed E-state index contributed by atoms with van der Waals surface area (Å²) >= 11 is 6.20. The molecule has 0 atom stereocenters. The maximum atomic E-state index is 3.68. The zero-order valence-corrected chi connectivity index (χ0v) is 10.6. The average molecular weight is 412 g/mol. The average Bonchev–Trinajstić information content (AvgIpc) is 2.12. The van der Waals surface area contributed by atoms with Gasteiger partial charge in [0.15, 0.2) is 0 Å². The predicted molar refractivity (Wildman–Crippen MR) is 41.3 cm³/mol. The molecule has 1 saturated carbocycles. The van der Waals surface area contributed by atoms with E-state index in [2.05, 4.69) is 26.6 Å². The Morgan fingerprint density at radius 3 is 1.88 bits per heavy atom. The van der Waals surface area contributed by atoms with Gasteiger partial charge in [0.05, 0.1) is 0 Å². The Morgan fingerprint density at radius 2 is 1.62 bits per heavy atom. The van der Waals surface area contributed by atoms with Crippen LogP contribution < -0.4 is 0 Å². The zero-order chi connectivity index (χ0) is 5.98. The van der Waals surface area contributed by atoms with Crippen molar-refractivity contribution in [3.05, 3.63) is 0 Å². The van der Waals surface area contributed by atoms with Gasteiger partial charge in [0, 0.05) is 0 Å². The summed E-state index contributed by atoms with van der Waals surface area (Å²) in [6.07, 6.45) is 5.70. The Balaban J connectivity index is 2.58. The van der Waals surface area contributed by atoms with Crippen LogP contribution in [0.1, 0.15) is 25.7 Å². The van der Waals surface area contributed by atoms with Gasteiger partial charge < -0.3 is 0 Å². The molecule has 0 unspecified atom stereocenters. The quantitative estimate of drug-likeness (QED) is 0.575. The minimum absolute atomic E-state index is 1.15. The molecule has 1 aliphatic rings. The van der Waals surface area contributed by atoms with Crippen LogP contribution in [0.4, 0.5) is 0 Å². The van der Waals surface area contributed by atoms with E-state index >= 15 is 0 Å². The molecule has 0 radical (unpaired) electrons. The van der Waals surface area contributed by atoms with E-state index in [0.717, 1.165) is 0 Å². The van der Waals surface area contributed by atoms with Crippen molar-refractivity contribution in [2.75, 3.05) is 0 Å². The molecule has 0 nitrogen and oxygen atoms in total. The van der Waals surface area contributed by atoms with E-state index in [1.54, 1.807) is 0 Å². The summed E-state index contributed by atoms with van der Waals surface area (Å²) in [5.41, 5.74) is 0. The fraction of sp³-hybridized carbons (Fsp3) is 0.800. The standard InChI is InChI=1S/C5H8.2BrH.W/c1-2-4-5-3-1;;;/h1-4H2;2*1H;/q;;;+2/p-2. The van der Waals surface area contributed by atoms with Crippen molar-refractivity contribution in [1.82, 2.24) is 0 Å². The monoisotopic (exact) mass is 410 g/mol. The van der Waals surface area contributed by atoms with Gasteiger partial charge in [-0.25, -0.2) is 0 Å². The minimum atomic E-state index is -1.15. The molecule has 1 aliphatic carbocycles. The van der Waals surface area contributed by atoms with Crippen LogP contribution in [-0.2, 0) is 12.7 Å². The van der Waals surface area contributed by atoms with Crippen molar-refractivity contribution in [2.24, 2.45) is 0 Å². The second-order valence-corrected chi connectivity index (χ2v) is 23.3. The van der Waals surface area contributed by atoms with Crippen molar-refractivity contribution >= 4 is 30.5 Å². The van der Waals surface area contributed by atoms with E-state index in [-0.39, 0.29) is 0 Å². The molecule has 0 amide bonds. The van der Waals surface area contributed by atoms with E-state index in [0.29, 0.717) is 0 Å². The molecule has 0 spiro atoms. The van der Waals surface area contributed by atoms with Crippen LogP contribution >= 0.6 is 26.6 Å². The number of hydrogen-bond acceptors (Lipinski definition) is 0. The number of halogens is 2. The van der Waals surface area contributed by atoms with Crippen molar-refractivity contribution in [2.45, 2.75) is 25.7 Å². The molecule has 0 bridgehead atoms. The Hall–Kier alpha value is 1.52. The summed E-state index contributed by atoms with van der Waals surface area (Å²) in [5, 5.41) is 0. The van der Waals surface area contributed by atoms with Gasteiger partial charge in [-0.1, -0.05) is 0 Å². The van der Waals surface area contributed by atoms with Crippen molar-refractivity contribution in [1.29, 1.82) is 0 Å². The Morgan fingerprint density at radius 1 is 1.12 bits per heavy atom. The number of hydrogen-bond donors (Lipinski definition) is 0. The molecule has 0 aromatic rings. The number of rotatable bonds is 0. The Kier molecular flexibility index (Phi) is 3.46. The molecule has 8 heavy (non-hydrogen) atoms. The SMILES string of the molecule is [Br][W]([Br])=[C]1CCCC1. The van der Waals surface area contributed by atoms with Crippen LogP contribution in [0.3, 0.4) is 0 Å². The Bertz CT molecular complexity index is 108. The van der Waals surface area contributed by atoms with Gasteiger partial charge in [0.25, 0.3) is 0 Å². The molecule has 48 valence electrons. The van der Waals surface area contributed by atoms with Crippen LogP contribution in [0.25, 0.3) is 0 Å². The first-order valence-electron chi connectivity index (χ1n) is 2.72. The third kappa shape index (κ3) is 2.04. The molecule has 0 aliphatic heterocycles. The summed E-state index contributed by atoms with van der Waals surface area (Å²) in [5.74, 6) is 0. The second kappa shape index (κ2) is 3.63. The van der Waals surface area contributed by atoms with Crippen LogP contribution in [0.5, 0.6) is 0 Å². The molecule has 1 rings (SSSR count). The summed E-state index contributed by atoms with van der Waals surface area (Å²) in [6.45, 7) is 0. The van der Waals surface area contributed by atoms with Gasteiger partial charge in [0.1, 0.15) is 0 Å². The maximum absolute atomic E-state index is 3.68. The first kappa shape index (κ1) is 7.62. The molecule has 0 N–H and O–H groups in total. The van der Waals surface area contributed by atoms with Gasteiger partial charge in [-0.05, 0) is 0 Å². The van der Waals surface area contributed by atoms with Gasteiger partial charge in [0.2, 0.25) is 0 Å². The van der Waals surface area contributed by atoms with Crippen LogP contribution in [0.15, 0.2) is 0 Å². The summed E-state index contributed by atoms with van der Waals surface area (Å²) in [6, 6.07) is 0. The predicted octanol–water partition coefficient (Wildman–Crippen LogP) is 2.97.